The molecule has 0 aliphatic carbocycles. The first-order valence-corrected chi connectivity index (χ1v) is 10.5. The van der Waals surface area contributed by atoms with E-state index in [1.54, 1.807) is 16.7 Å². The molecule has 2 aromatic carbocycles. The van der Waals surface area contributed by atoms with Crippen LogP contribution < -0.4 is 0 Å². The number of hydrogen-bond acceptors (Lipinski definition) is 4. The Bertz CT molecular complexity index is 921. The lowest BCUT2D eigenvalue weighted by Gasteiger charge is -2.41. The van der Waals surface area contributed by atoms with E-state index >= 15 is 0 Å². The van der Waals surface area contributed by atoms with Crippen molar-refractivity contribution in [1.82, 2.24) is 9.80 Å². The molecule has 1 atom stereocenters. The van der Waals surface area contributed by atoms with Gasteiger partial charge in [-0.15, -0.1) is 0 Å². The van der Waals surface area contributed by atoms with Crippen molar-refractivity contribution >= 4 is 33.6 Å². The van der Waals surface area contributed by atoms with Crippen LogP contribution in [0.4, 0.5) is 0 Å². The maximum atomic E-state index is 12.9. The summed E-state index contributed by atoms with van der Waals surface area (Å²) in [7, 11) is 0. The maximum absolute atomic E-state index is 12.9. The van der Waals surface area contributed by atoms with Crippen molar-refractivity contribution in [3.8, 4) is 6.07 Å². The van der Waals surface area contributed by atoms with Crippen LogP contribution in [-0.2, 0) is 11.3 Å². The lowest BCUT2D eigenvalue weighted by atomic mass is 9.86. The molecule has 0 aromatic heterocycles. The second-order valence-electron chi connectivity index (χ2n) is 6.69. The monoisotopic (exact) mass is 439 g/mol. The van der Waals surface area contributed by atoms with Gasteiger partial charge < -0.3 is 0 Å². The maximum Gasteiger partial charge on any atom is 0.229 e. The third-order valence-corrected chi connectivity index (χ3v) is 6.61. The summed E-state index contributed by atoms with van der Waals surface area (Å²) in [5.41, 5.74) is 2.95. The van der Waals surface area contributed by atoms with Crippen LogP contribution >= 0.6 is 27.7 Å². The molecule has 2 aromatic rings. The highest BCUT2D eigenvalue weighted by atomic mass is 79.9. The molecule has 0 unspecified atom stereocenters. The van der Waals surface area contributed by atoms with Gasteiger partial charge in [0, 0.05) is 23.4 Å². The van der Waals surface area contributed by atoms with Gasteiger partial charge in [0.2, 0.25) is 5.91 Å². The number of amides is 1. The zero-order valence-electron chi connectivity index (χ0n) is 14.6. The molecular weight excluding hydrogens is 422 g/mol. The summed E-state index contributed by atoms with van der Waals surface area (Å²) in [6.07, 6.45) is 0.341. The van der Waals surface area contributed by atoms with E-state index in [-0.39, 0.29) is 11.8 Å². The fourth-order valence-electron chi connectivity index (χ4n) is 3.53. The SMILES string of the molecule is N#CC1=C2SCN(Cc3ccccc3)CN2C(=O)C[C@@H]1c1ccc(Br)cc1. The van der Waals surface area contributed by atoms with Gasteiger partial charge in [-0.2, -0.15) is 5.26 Å². The van der Waals surface area contributed by atoms with Crippen molar-refractivity contribution in [3.05, 3.63) is 80.8 Å². The Morgan fingerprint density at radius 1 is 1.15 bits per heavy atom. The third kappa shape index (κ3) is 3.81. The summed E-state index contributed by atoms with van der Waals surface area (Å²) in [6.45, 7) is 1.33. The molecule has 4 nitrogen and oxygen atoms in total. The molecule has 2 aliphatic heterocycles. The van der Waals surface area contributed by atoms with Crippen LogP contribution in [0.1, 0.15) is 23.5 Å². The number of fused-ring (bicyclic) bond motifs is 1. The van der Waals surface area contributed by atoms with E-state index in [4.69, 9.17) is 0 Å². The molecule has 0 radical (unpaired) electrons. The molecule has 4 rings (SSSR count). The van der Waals surface area contributed by atoms with Crippen molar-refractivity contribution in [1.29, 1.82) is 5.26 Å². The molecule has 2 aliphatic rings. The van der Waals surface area contributed by atoms with E-state index in [0.717, 1.165) is 27.5 Å². The molecule has 0 spiro atoms. The van der Waals surface area contributed by atoms with Crippen molar-refractivity contribution in [2.45, 2.75) is 18.9 Å². The average Bonchev–Trinajstić information content (AvgIpc) is 2.69. The van der Waals surface area contributed by atoms with Crippen LogP contribution in [0, 0.1) is 11.3 Å². The second kappa shape index (κ2) is 7.89. The number of thioether (sulfide) groups is 1. The van der Waals surface area contributed by atoms with Crippen molar-refractivity contribution in [2.75, 3.05) is 12.5 Å². The summed E-state index contributed by atoms with van der Waals surface area (Å²) < 4.78 is 0.991. The summed E-state index contributed by atoms with van der Waals surface area (Å²) in [4.78, 5) is 16.9. The quantitative estimate of drug-likeness (QED) is 0.697. The molecular formula is C21H18BrN3OS. The predicted molar refractivity (Wildman–Crippen MR) is 110 cm³/mol. The molecule has 1 saturated heterocycles. The van der Waals surface area contributed by atoms with Crippen LogP contribution in [0.25, 0.3) is 0 Å². The van der Waals surface area contributed by atoms with E-state index in [2.05, 4.69) is 39.0 Å². The Kier molecular flexibility index (Phi) is 5.35. The Morgan fingerprint density at radius 2 is 1.89 bits per heavy atom. The first kappa shape index (κ1) is 18.3. The zero-order chi connectivity index (χ0) is 18.8. The predicted octanol–water partition coefficient (Wildman–Crippen LogP) is 4.66. The summed E-state index contributed by atoms with van der Waals surface area (Å²) in [5.74, 6) is 0.698. The van der Waals surface area contributed by atoms with Crippen molar-refractivity contribution in [2.24, 2.45) is 0 Å². The number of nitriles is 1. The van der Waals surface area contributed by atoms with Gasteiger partial charge in [0.05, 0.1) is 29.2 Å². The van der Waals surface area contributed by atoms with Gasteiger partial charge in [-0.1, -0.05) is 70.2 Å². The number of hydrogen-bond donors (Lipinski definition) is 0. The number of halogens is 1. The summed E-state index contributed by atoms with van der Waals surface area (Å²) in [6, 6.07) is 20.5. The molecule has 1 fully saturated rings. The fourth-order valence-corrected chi connectivity index (χ4v) is 4.93. The van der Waals surface area contributed by atoms with E-state index in [0.29, 0.717) is 18.7 Å². The van der Waals surface area contributed by atoms with Gasteiger partial charge >= 0.3 is 0 Å². The third-order valence-electron chi connectivity index (χ3n) is 4.87. The van der Waals surface area contributed by atoms with E-state index in [9.17, 15) is 10.1 Å². The Morgan fingerprint density at radius 3 is 2.59 bits per heavy atom. The topological polar surface area (TPSA) is 47.3 Å². The zero-order valence-corrected chi connectivity index (χ0v) is 17.0. The minimum Gasteiger partial charge on any atom is -0.292 e. The molecule has 27 heavy (non-hydrogen) atoms. The summed E-state index contributed by atoms with van der Waals surface area (Å²) in [5, 5.41) is 10.6. The normalized spacial score (nSPS) is 20.4. The Balaban J connectivity index is 1.59. The molecule has 0 bridgehead atoms. The van der Waals surface area contributed by atoms with Gasteiger partial charge in [-0.25, -0.2) is 0 Å². The highest BCUT2D eigenvalue weighted by molar-refractivity contribution is 9.10. The highest BCUT2D eigenvalue weighted by Gasteiger charge is 2.38. The number of rotatable bonds is 3. The molecule has 1 amide bonds. The molecule has 0 N–H and O–H groups in total. The van der Waals surface area contributed by atoms with Gasteiger partial charge in [0.25, 0.3) is 0 Å². The van der Waals surface area contributed by atoms with Gasteiger partial charge in [-0.05, 0) is 23.3 Å². The number of carbonyl (C=O) groups is 1. The van der Waals surface area contributed by atoms with Crippen LogP contribution in [-0.4, -0.2) is 28.3 Å². The van der Waals surface area contributed by atoms with Crippen LogP contribution in [0.15, 0.2) is 69.7 Å². The summed E-state index contributed by atoms with van der Waals surface area (Å²) >= 11 is 5.03. The number of carbonyl (C=O) groups excluding carboxylic acids is 1. The first-order chi connectivity index (χ1) is 13.2. The first-order valence-electron chi connectivity index (χ1n) is 8.75. The molecule has 2 heterocycles. The second-order valence-corrected chi connectivity index (χ2v) is 8.54. The lowest BCUT2D eigenvalue weighted by Crippen LogP contribution is -2.46. The van der Waals surface area contributed by atoms with Crippen LogP contribution in [0.3, 0.4) is 0 Å². The fraction of sp³-hybridized carbons (Fsp3) is 0.238. The molecule has 6 heteroatoms. The minimum absolute atomic E-state index is 0.0854. The molecule has 0 saturated carbocycles. The van der Waals surface area contributed by atoms with E-state index in [1.165, 1.54) is 5.56 Å². The number of allylic oxidation sites excluding steroid dienone is 1. The highest BCUT2D eigenvalue weighted by Crippen LogP contribution is 2.42. The van der Waals surface area contributed by atoms with E-state index in [1.807, 2.05) is 42.5 Å². The lowest BCUT2D eigenvalue weighted by molar-refractivity contribution is -0.131. The van der Waals surface area contributed by atoms with Gasteiger partial charge in [0.15, 0.2) is 0 Å². The van der Waals surface area contributed by atoms with Gasteiger partial charge in [0.1, 0.15) is 0 Å². The smallest absolute Gasteiger partial charge is 0.229 e. The van der Waals surface area contributed by atoms with Crippen molar-refractivity contribution in [3.63, 3.8) is 0 Å². The van der Waals surface area contributed by atoms with Crippen molar-refractivity contribution < 1.29 is 4.79 Å². The Labute approximate surface area is 171 Å². The van der Waals surface area contributed by atoms with E-state index < -0.39 is 0 Å². The minimum atomic E-state index is -0.157. The van der Waals surface area contributed by atoms with Crippen LogP contribution in [0.2, 0.25) is 0 Å². The van der Waals surface area contributed by atoms with Crippen LogP contribution in [0.5, 0.6) is 0 Å². The Hall–Kier alpha value is -2.07. The molecule has 136 valence electrons. The number of nitrogens with zero attached hydrogens (tertiary/aromatic N) is 3. The standard InChI is InChI=1S/C21H18BrN3OS/c22-17-8-6-16(7-9-17)18-10-20(26)25-13-24(12-15-4-2-1-3-5-15)14-27-21(25)19(18)11-23/h1-9,18H,10,12-14H2/t18-/m1/s1. The average molecular weight is 440 g/mol. The number of benzene rings is 2. The van der Waals surface area contributed by atoms with Gasteiger partial charge in [-0.3, -0.25) is 14.6 Å². The largest absolute Gasteiger partial charge is 0.292 e.